The third kappa shape index (κ3) is 6.10. The van der Waals surface area contributed by atoms with Crippen LogP contribution in [0, 0.1) is 16.7 Å². The number of hydrogen-bond acceptors (Lipinski definition) is 8. The molecule has 0 spiro atoms. The summed E-state index contributed by atoms with van der Waals surface area (Å²) < 4.78 is 20.3. The van der Waals surface area contributed by atoms with E-state index in [0.29, 0.717) is 49.7 Å². The zero-order valence-corrected chi connectivity index (χ0v) is 27.0. The van der Waals surface area contributed by atoms with Gasteiger partial charge in [-0.2, -0.15) is 15.2 Å². The highest BCUT2D eigenvalue weighted by molar-refractivity contribution is 6.36. The molecule has 3 heterocycles. The van der Waals surface area contributed by atoms with Gasteiger partial charge in [0.15, 0.2) is 5.83 Å². The summed E-state index contributed by atoms with van der Waals surface area (Å²) in [5.41, 5.74) is 3.11. The molecule has 1 atom stereocenters. The maximum absolute atomic E-state index is 13.9. The number of nitrogens with zero attached hydrogens (tertiary/aromatic N) is 7. The second-order valence-electron chi connectivity index (χ2n) is 13.3. The van der Waals surface area contributed by atoms with Crippen molar-refractivity contribution in [3.05, 3.63) is 65.1 Å². The Labute approximate surface area is 274 Å². The summed E-state index contributed by atoms with van der Waals surface area (Å²) in [6.07, 6.45) is 5.58. The second-order valence-corrected chi connectivity index (χ2v) is 13.7. The molecule has 1 aromatic heterocycles. The summed E-state index contributed by atoms with van der Waals surface area (Å²) in [6.45, 7) is 7.13. The number of carbonyl (C=O) groups excluding carboxylic acids is 1. The van der Waals surface area contributed by atoms with Gasteiger partial charge in [-0.1, -0.05) is 42.4 Å². The normalized spacial score (nSPS) is 20.4. The van der Waals surface area contributed by atoms with E-state index in [2.05, 4.69) is 58.7 Å². The van der Waals surface area contributed by atoms with Gasteiger partial charge >= 0.3 is 6.01 Å². The highest BCUT2D eigenvalue weighted by atomic mass is 35.5. The predicted molar refractivity (Wildman–Crippen MR) is 177 cm³/mol. The van der Waals surface area contributed by atoms with E-state index in [0.717, 1.165) is 59.5 Å². The first-order valence-electron chi connectivity index (χ1n) is 16.2. The largest absolute Gasteiger partial charge is 0.463 e. The molecule has 2 aliphatic heterocycles. The van der Waals surface area contributed by atoms with Crippen LogP contribution in [0.3, 0.4) is 0 Å². The molecule has 11 heteroatoms. The van der Waals surface area contributed by atoms with Gasteiger partial charge in [-0.25, -0.2) is 4.39 Å². The molecular weight excluding hydrogens is 605 g/mol. The average Bonchev–Trinajstić information content (AvgIpc) is 3.99. The molecule has 0 radical (unpaired) electrons. The Kier molecular flexibility index (Phi) is 8.24. The lowest BCUT2D eigenvalue weighted by atomic mass is 10.0. The molecule has 7 rings (SSSR count). The zero-order chi connectivity index (χ0) is 32.0. The van der Waals surface area contributed by atoms with Gasteiger partial charge < -0.3 is 24.3 Å². The Balaban J connectivity index is 1.20. The van der Waals surface area contributed by atoms with E-state index in [1.165, 1.54) is 17.7 Å². The van der Waals surface area contributed by atoms with Gasteiger partial charge in [0.2, 0.25) is 0 Å². The molecule has 3 aromatic rings. The topological polar surface area (TPSA) is 88.8 Å². The molecule has 240 valence electrons. The fourth-order valence-corrected chi connectivity index (χ4v) is 7.41. The number of hydrogen-bond donors (Lipinski definition) is 0. The van der Waals surface area contributed by atoms with Gasteiger partial charge in [-0.05, 0) is 56.7 Å². The van der Waals surface area contributed by atoms with Crippen molar-refractivity contribution in [2.45, 2.75) is 57.2 Å². The van der Waals surface area contributed by atoms with Crippen LogP contribution in [0.1, 0.15) is 43.4 Å². The molecule has 46 heavy (non-hydrogen) atoms. The number of amides is 1. The highest BCUT2D eigenvalue weighted by Crippen LogP contribution is 2.48. The van der Waals surface area contributed by atoms with Crippen LogP contribution in [0.5, 0.6) is 6.01 Å². The fourth-order valence-electron chi connectivity index (χ4n) is 7.13. The van der Waals surface area contributed by atoms with E-state index in [-0.39, 0.29) is 18.4 Å². The standard InChI is InChI=1S/C35H39ClFN7O2/c1-23(37)33(45)44-18-17-43(19-26(44)11-15-38)32-27-12-16-42(30-8-4-6-24-5-3-7-28(36)31(24)30)20-29(27)39-34(40-32)46-22-35(13-14-35)21-41(2)25-9-10-25/h3-8,25-26H,1,9-14,16-22H2,2H3. The van der Waals surface area contributed by atoms with Gasteiger partial charge in [0.1, 0.15) is 5.82 Å². The minimum atomic E-state index is -1.01. The zero-order valence-electron chi connectivity index (χ0n) is 26.2. The Hall–Kier alpha value is -3.94. The van der Waals surface area contributed by atoms with Crippen molar-refractivity contribution in [1.82, 2.24) is 19.8 Å². The molecule has 0 N–H and O–H groups in total. The van der Waals surface area contributed by atoms with Crippen molar-refractivity contribution >= 4 is 39.8 Å². The Morgan fingerprint density at radius 3 is 2.67 bits per heavy atom. The second kappa shape index (κ2) is 12.3. The van der Waals surface area contributed by atoms with Crippen molar-refractivity contribution in [2.75, 3.05) is 56.2 Å². The maximum atomic E-state index is 13.9. The summed E-state index contributed by atoms with van der Waals surface area (Å²) >= 11 is 6.71. The maximum Gasteiger partial charge on any atom is 0.318 e. The monoisotopic (exact) mass is 643 g/mol. The summed E-state index contributed by atoms with van der Waals surface area (Å²) in [4.78, 5) is 30.9. The average molecular weight is 644 g/mol. The van der Waals surface area contributed by atoms with E-state index in [1.54, 1.807) is 0 Å². The fraction of sp³-hybridized carbons (Fsp3) is 0.486. The van der Waals surface area contributed by atoms with Crippen LogP contribution < -0.4 is 14.5 Å². The van der Waals surface area contributed by atoms with Gasteiger partial charge in [-0.15, -0.1) is 0 Å². The van der Waals surface area contributed by atoms with E-state index in [1.807, 2.05) is 12.1 Å². The molecule has 1 saturated heterocycles. The van der Waals surface area contributed by atoms with Crippen LogP contribution in [0.15, 0.2) is 48.8 Å². The first-order chi connectivity index (χ1) is 22.2. The van der Waals surface area contributed by atoms with Crippen molar-refractivity contribution in [2.24, 2.45) is 5.41 Å². The number of aromatic nitrogens is 2. The van der Waals surface area contributed by atoms with Gasteiger partial charge in [0.05, 0.1) is 42.4 Å². The van der Waals surface area contributed by atoms with Crippen molar-refractivity contribution in [1.29, 1.82) is 5.26 Å². The van der Waals surface area contributed by atoms with Crippen LogP contribution in [0.2, 0.25) is 5.02 Å². The number of nitriles is 1. The van der Waals surface area contributed by atoms with Gasteiger partial charge in [0.25, 0.3) is 5.91 Å². The lowest BCUT2D eigenvalue weighted by Gasteiger charge is -2.42. The third-order valence-electron chi connectivity index (χ3n) is 10.0. The lowest BCUT2D eigenvalue weighted by molar-refractivity contribution is -0.131. The molecular formula is C35H39ClFN7O2. The number of rotatable bonds is 10. The smallest absolute Gasteiger partial charge is 0.318 e. The highest BCUT2D eigenvalue weighted by Gasteiger charge is 2.46. The number of piperazine rings is 1. The number of halogens is 2. The van der Waals surface area contributed by atoms with Crippen molar-refractivity contribution in [3.8, 4) is 12.1 Å². The number of carbonyl (C=O) groups is 1. The van der Waals surface area contributed by atoms with Crippen LogP contribution in [0.4, 0.5) is 15.9 Å². The molecule has 1 unspecified atom stereocenters. The van der Waals surface area contributed by atoms with E-state index < -0.39 is 17.8 Å². The first kappa shape index (κ1) is 30.7. The minimum absolute atomic E-state index is 0.0821. The van der Waals surface area contributed by atoms with E-state index >= 15 is 0 Å². The van der Waals surface area contributed by atoms with E-state index in [9.17, 15) is 14.4 Å². The molecule has 2 aromatic carbocycles. The molecule has 2 saturated carbocycles. The molecule has 4 aliphatic rings. The quantitative estimate of drug-likeness (QED) is 0.267. The Morgan fingerprint density at radius 1 is 1.17 bits per heavy atom. The summed E-state index contributed by atoms with van der Waals surface area (Å²) in [7, 11) is 2.21. The van der Waals surface area contributed by atoms with Gasteiger partial charge in [-0.3, -0.25) is 4.79 Å². The van der Waals surface area contributed by atoms with Crippen LogP contribution in [0.25, 0.3) is 10.8 Å². The SMILES string of the molecule is C=C(F)C(=O)N1CCN(c2nc(OCC3(CN(C)C4CC4)CC3)nc3c2CCN(c2cccc4cccc(Cl)c24)C3)CC1CC#N. The molecule has 3 fully saturated rings. The van der Waals surface area contributed by atoms with Crippen LogP contribution in [-0.2, 0) is 17.8 Å². The predicted octanol–water partition coefficient (Wildman–Crippen LogP) is 5.51. The summed E-state index contributed by atoms with van der Waals surface area (Å²) in [5, 5.41) is 12.4. The first-order valence-corrected chi connectivity index (χ1v) is 16.6. The molecule has 1 amide bonds. The number of anilines is 2. The van der Waals surface area contributed by atoms with Crippen molar-refractivity contribution in [3.63, 3.8) is 0 Å². The summed E-state index contributed by atoms with van der Waals surface area (Å²) in [6, 6.07) is 14.9. The van der Waals surface area contributed by atoms with E-state index in [4.69, 9.17) is 26.3 Å². The number of fused-ring (bicyclic) bond motifs is 2. The Bertz CT molecular complexity index is 1710. The number of ether oxygens (including phenoxy) is 1. The molecule has 0 bridgehead atoms. The van der Waals surface area contributed by atoms with Crippen LogP contribution >= 0.6 is 11.6 Å². The summed E-state index contributed by atoms with van der Waals surface area (Å²) in [5.74, 6) is -1.00. The van der Waals surface area contributed by atoms with Crippen molar-refractivity contribution < 1.29 is 13.9 Å². The minimum Gasteiger partial charge on any atom is -0.463 e. The Morgan fingerprint density at radius 2 is 1.96 bits per heavy atom. The van der Waals surface area contributed by atoms with Crippen LogP contribution in [-0.4, -0.2) is 84.1 Å². The molecule has 9 nitrogen and oxygen atoms in total. The van der Waals surface area contributed by atoms with Gasteiger partial charge in [0, 0.05) is 60.8 Å². The molecule has 2 aliphatic carbocycles. The lowest BCUT2D eigenvalue weighted by Crippen LogP contribution is -2.55. The number of benzene rings is 2. The third-order valence-corrected chi connectivity index (χ3v) is 10.3.